The highest BCUT2D eigenvalue weighted by atomic mass is 15.4. The minimum Gasteiger partial charge on any atom is -0.365 e. The molecule has 134 valence electrons. The number of nitrogens with zero attached hydrogens (tertiary/aromatic N) is 4. The third kappa shape index (κ3) is 3.78. The average molecular weight is 347 g/mol. The Bertz CT molecular complexity index is 842. The zero-order chi connectivity index (χ0) is 17.8. The van der Waals surface area contributed by atoms with Gasteiger partial charge in [0.15, 0.2) is 0 Å². The highest BCUT2D eigenvalue weighted by Gasteiger charge is 2.25. The maximum Gasteiger partial charge on any atom is 0.124 e. The minimum absolute atomic E-state index is 0.418. The molecule has 0 spiro atoms. The number of aryl methyl sites for hydroxylation is 1. The molecule has 1 N–H and O–H groups in total. The molecule has 1 fully saturated rings. The molecule has 1 saturated heterocycles. The van der Waals surface area contributed by atoms with E-state index >= 15 is 0 Å². The minimum atomic E-state index is 0.418. The van der Waals surface area contributed by atoms with Crippen LogP contribution in [0.4, 0.5) is 5.82 Å². The highest BCUT2D eigenvalue weighted by Crippen LogP contribution is 2.26. The van der Waals surface area contributed by atoms with Crippen LogP contribution < -0.4 is 5.32 Å². The van der Waals surface area contributed by atoms with Crippen LogP contribution in [0.2, 0.25) is 0 Å². The molecule has 0 amide bonds. The first kappa shape index (κ1) is 16.8. The quantitative estimate of drug-likeness (QED) is 0.739. The van der Waals surface area contributed by atoms with E-state index in [1.165, 1.54) is 11.1 Å². The second-order valence-electron chi connectivity index (χ2n) is 6.94. The zero-order valence-electron chi connectivity index (χ0n) is 15.2. The van der Waals surface area contributed by atoms with Crippen molar-refractivity contribution in [3.63, 3.8) is 0 Å². The van der Waals surface area contributed by atoms with E-state index in [-0.39, 0.29) is 0 Å². The van der Waals surface area contributed by atoms with Gasteiger partial charge >= 0.3 is 0 Å². The number of hydrogen-bond donors (Lipinski definition) is 1. The third-order valence-corrected chi connectivity index (χ3v) is 5.07. The van der Waals surface area contributed by atoms with Crippen LogP contribution >= 0.6 is 0 Å². The van der Waals surface area contributed by atoms with E-state index in [0.29, 0.717) is 6.04 Å². The smallest absolute Gasteiger partial charge is 0.124 e. The van der Waals surface area contributed by atoms with Crippen molar-refractivity contribution in [3.05, 3.63) is 77.7 Å². The van der Waals surface area contributed by atoms with Crippen LogP contribution in [-0.2, 0) is 13.1 Å². The van der Waals surface area contributed by atoms with Gasteiger partial charge in [0.05, 0.1) is 24.5 Å². The SMILES string of the molecule is Cc1cccnc1CNc1ccnn1[C@H]1CCN(Cc2ccccc2)C1. The first-order chi connectivity index (χ1) is 12.8. The van der Waals surface area contributed by atoms with Crippen molar-refractivity contribution in [2.45, 2.75) is 32.5 Å². The maximum atomic E-state index is 4.58. The first-order valence-corrected chi connectivity index (χ1v) is 9.24. The molecule has 0 aliphatic carbocycles. The molecule has 3 aromatic rings. The summed E-state index contributed by atoms with van der Waals surface area (Å²) in [4.78, 5) is 6.97. The lowest BCUT2D eigenvalue weighted by Gasteiger charge is -2.18. The largest absolute Gasteiger partial charge is 0.365 e. The molecule has 2 aromatic heterocycles. The van der Waals surface area contributed by atoms with Gasteiger partial charge in [-0.25, -0.2) is 4.68 Å². The lowest BCUT2D eigenvalue weighted by molar-refractivity contribution is 0.312. The topological polar surface area (TPSA) is 46.0 Å². The molecule has 0 saturated carbocycles. The van der Waals surface area contributed by atoms with Gasteiger partial charge in [0.2, 0.25) is 0 Å². The summed E-state index contributed by atoms with van der Waals surface area (Å²) in [5.74, 6) is 1.07. The van der Waals surface area contributed by atoms with Crippen LogP contribution in [0.1, 0.15) is 29.3 Å². The fourth-order valence-electron chi connectivity index (χ4n) is 3.62. The van der Waals surface area contributed by atoms with Gasteiger partial charge in [0.25, 0.3) is 0 Å². The van der Waals surface area contributed by atoms with E-state index in [1.54, 1.807) is 0 Å². The molecule has 1 atom stereocenters. The Labute approximate surface area is 154 Å². The van der Waals surface area contributed by atoms with E-state index in [0.717, 1.165) is 44.1 Å². The van der Waals surface area contributed by atoms with Gasteiger partial charge in [0, 0.05) is 31.9 Å². The summed E-state index contributed by atoms with van der Waals surface area (Å²) in [6, 6.07) is 17.2. The average Bonchev–Trinajstić information content (AvgIpc) is 3.31. The Balaban J connectivity index is 1.39. The van der Waals surface area contributed by atoms with Crippen molar-refractivity contribution >= 4 is 5.82 Å². The second kappa shape index (κ2) is 7.70. The Morgan fingerprint density at radius 3 is 2.81 bits per heavy atom. The number of rotatable bonds is 6. The number of nitrogens with one attached hydrogen (secondary N) is 1. The standard InChI is InChI=1S/C21H25N5/c1-17-6-5-11-22-20(17)14-23-21-9-12-24-26(21)19-10-13-25(16-19)15-18-7-3-2-4-8-18/h2-9,11-12,19,23H,10,13-16H2,1H3/t19-/m0/s1. The van der Waals surface area contributed by atoms with Gasteiger partial charge in [-0.15, -0.1) is 0 Å². The molecule has 5 nitrogen and oxygen atoms in total. The predicted octanol–water partition coefficient (Wildman–Crippen LogP) is 3.65. The summed E-state index contributed by atoms with van der Waals surface area (Å²) in [6.07, 6.45) is 4.86. The van der Waals surface area contributed by atoms with Crippen LogP contribution in [0, 0.1) is 6.92 Å². The van der Waals surface area contributed by atoms with E-state index in [2.05, 4.69) is 74.4 Å². The second-order valence-corrected chi connectivity index (χ2v) is 6.94. The Hall–Kier alpha value is -2.66. The molecular weight excluding hydrogens is 322 g/mol. The molecule has 3 heterocycles. The molecular formula is C21H25N5. The summed E-state index contributed by atoms with van der Waals surface area (Å²) in [7, 11) is 0. The summed E-state index contributed by atoms with van der Waals surface area (Å²) in [5.41, 5.74) is 3.66. The van der Waals surface area contributed by atoms with Crippen LogP contribution in [0.25, 0.3) is 0 Å². The van der Waals surface area contributed by atoms with Crippen molar-refractivity contribution < 1.29 is 0 Å². The first-order valence-electron chi connectivity index (χ1n) is 9.24. The van der Waals surface area contributed by atoms with Crippen molar-refractivity contribution in [2.75, 3.05) is 18.4 Å². The number of pyridine rings is 1. The molecule has 26 heavy (non-hydrogen) atoms. The van der Waals surface area contributed by atoms with Crippen molar-refractivity contribution in [1.82, 2.24) is 19.7 Å². The molecule has 5 heteroatoms. The van der Waals surface area contributed by atoms with Gasteiger partial charge in [-0.2, -0.15) is 5.10 Å². The predicted molar refractivity (Wildman–Crippen MR) is 104 cm³/mol. The van der Waals surface area contributed by atoms with Gasteiger partial charge < -0.3 is 5.32 Å². The molecule has 4 rings (SSSR count). The summed E-state index contributed by atoms with van der Waals surface area (Å²) in [6.45, 7) is 5.97. The molecule has 0 bridgehead atoms. The van der Waals surface area contributed by atoms with Crippen molar-refractivity contribution in [2.24, 2.45) is 0 Å². The molecule has 0 unspecified atom stereocenters. The van der Waals surface area contributed by atoms with Crippen LogP contribution in [0.5, 0.6) is 0 Å². The molecule has 1 aliphatic heterocycles. The fourth-order valence-corrected chi connectivity index (χ4v) is 3.62. The van der Waals surface area contributed by atoms with Gasteiger partial charge in [-0.1, -0.05) is 36.4 Å². The third-order valence-electron chi connectivity index (χ3n) is 5.07. The van der Waals surface area contributed by atoms with Crippen molar-refractivity contribution in [3.8, 4) is 0 Å². The van der Waals surface area contributed by atoms with E-state index < -0.39 is 0 Å². The van der Waals surface area contributed by atoms with Crippen LogP contribution in [-0.4, -0.2) is 32.8 Å². The van der Waals surface area contributed by atoms with Gasteiger partial charge in [-0.05, 0) is 30.5 Å². The summed E-state index contributed by atoms with van der Waals surface area (Å²) >= 11 is 0. The number of hydrogen-bond acceptors (Lipinski definition) is 4. The molecule has 1 aliphatic rings. The maximum absolute atomic E-state index is 4.58. The van der Waals surface area contributed by atoms with Gasteiger partial charge in [0.1, 0.15) is 5.82 Å². The van der Waals surface area contributed by atoms with E-state index in [4.69, 9.17) is 0 Å². The lowest BCUT2D eigenvalue weighted by Crippen LogP contribution is -2.22. The van der Waals surface area contributed by atoms with E-state index in [9.17, 15) is 0 Å². The summed E-state index contributed by atoms with van der Waals surface area (Å²) in [5, 5.41) is 8.09. The fraction of sp³-hybridized carbons (Fsp3) is 0.333. The molecule has 1 aromatic carbocycles. The summed E-state index contributed by atoms with van der Waals surface area (Å²) < 4.78 is 2.14. The number of anilines is 1. The lowest BCUT2D eigenvalue weighted by atomic mass is 10.2. The molecule has 0 radical (unpaired) electrons. The highest BCUT2D eigenvalue weighted by molar-refractivity contribution is 5.36. The number of aromatic nitrogens is 3. The van der Waals surface area contributed by atoms with E-state index in [1.807, 2.05) is 18.5 Å². The van der Waals surface area contributed by atoms with Gasteiger partial charge in [-0.3, -0.25) is 9.88 Å². The zero-order valence-corrected chi connectivity index (χ0v) is 15.2. The van der Waals surface area contributed by atoms with Crippen molar-refractivity contribution in [1.29, 1.82) is 0 Å². The van der Waals surface area contributed by atoms with Crippen LogP contribution in [0.15, 0.2) is 60.9 Å². The normalized spacial score (nSPS) is 17.5. The number of benzene rings is 1. The Kier molecular flexibility index (Phi) is 4.97. The number of likely N-dealkylation sites (tertiary alicyclic amines) is 1. The Morgan fingerprint density at radius 2 is 1.96 bits per heavy atom. The van der Waals surface area contributed by atoms with Crippen LogP contribution in [0.3, 0.4) is 0 Å². The monoisotopic (exact) mass is 347 g/mol. The Morgan fingerprint density at radius 1 is 1.08 bits per heavy atom.